The Morgan fingerprint density at radius 1 is 1.21 bits per heavy atom. The van der Waals surface area contributed by atoms with Gasteiger partial charge in [-0.2, -0.15) is 0 Å². The lowest BCUT2D eigenvalue weighted by Crippen LogP contribution is -2.34. The lowest BCUT2D eigenvalue weighted by Gasteiger charge is -2.15. The highest BCUT2D eigenvalue weighted by molar-refractivity contribution is 14.1. The van der Waals surface area contributed by atoms with Crippen LogP contribution in [0.15, 0.2) is 36.4 Å². The van der Waals surface area contributed by atoms with E-state index in [0.717, 1.165) is 9.99 Å². The van der Waals surface area contributed by atoms with E-state index in [9.17, 15) is 14.7 Å². The number of hydrogen-bond donors (Lipinski definition) is 3. The summed E-state index contributed by atoms with van der Waals surface area (Å²) < 4.78 is 7.17. The molecule has 0 saturated heterocycles. The van der Waals surface area contributed by atoms with Crippen LogP contribution in [0.3, 0.4) is 0 Å². The maximum absolute atomic E-state index is 12.4. The largest absolute Gasteiger partial charge is 0.491 e. The van der Waals surface area contributed by atoms with E-state index in [1.54, 1.807) is 24.3 Å². The summed E-state index contributed by atoms with van der Waals surface area (Å²) in [5.41, 5.74) is 0.840. The van der Waals surface area contributed by atoms with Crippen molar-refractivity contribution in [2.24, 2.45) is 0 Å². The predicted octanol–water partition coefficient (Wildman–Crippen LogP) is 4.90. The molecule has 2 rings (SSSR count). The number of nitrogens with one attached hydrogen (secondary N) is 2. The zero-order valence-electron chi connectivity index (χ0n) is 15.1. The second kappa shape index (κ2) is 10.3. The number of carbonyl (C=O) groups is 2. The minimum atomic E-state index is -1.08. The first kappa shape index (κ1) is 22.8. The maximum atomic E-state index is 12.4. The Morgan fingerprint density at radius 2 is 1.86 bits per heavy atom. The molecule has 9 heteroatoms. The van der Waals surface area contributed by atoms with E-state index in [4.69, 9.17) is 17.0 Å². The van der Waals surface area contributed by atoms with E-state index < -0.39 is 11.9 Å². The van der Waals surface area contributed by atoms with Gasteiger partial charge in [-0.1, -0.05) is 6.92 Å². The molecule has 0 aliphatic rings. The second-order valence-electron chi connectivity index (χ2n) is 5.88. The normalized spacial score (nSPS) is 11.4. The number of ether oxygens (including phenoxy) is 1. The highest BCUT2D eigenvalue weighted by Crippen LogP contribution is 2.26. The van der Waals surface area contributed by atoms with Gasteiger partial charge in [0.15, 0.2) is 5.11 Å². The molecule has 0 spiro atoms. The van der Waals surface area contributed by atoms with Crippen LogP contribution < -0.4 is 15.4 Å². The van der Waals surface area contributed by atoms with Crippen LogP contribution in [0, 0.1) is 7.14 Å². The number of aromatic carboxylic acids is 1. The molecule has 0 aromatic heterocycles. The number of carboxylic acid groups (broad SMARTS) is 1. The first-order chi connectivity index (χ1) is 13.2. The molecular weight excluding hydrogens is 606 g/mol. The molecule has 2 aromatic carbocycles. The average molecular weight is 624 g/mol. The van der Waals surface area contributed by atoms with Gasteiger partial charge in [-0.15, -0.1) is 0 Å². The summed E-state index contributed by atoms with van der Waals surface area (Å²) in [7, 11) is 0. The number of thiocarbonyl (C=S) groups is 1. The fourth-order valence-corrected chi connectivity index (χ4v) is 4.36. The van der Waals surface area contributed by atoms with E-state index in [1.807, 2.05) is 65.1 Å². The number of rotatable bonds is 6. The molecule has 2 aromatic rings. The standard InChI is InChI=1S/C19H18I2N2O4S/c1-3-10(2)27-13-6-4-11(5-7-13)17(24)23-19(28)22-16-14(18(25)26)8-12(20)9-15(16)21/h4-10H,3H2,1-2H3,(H,25,26)(H2,22,23,24,28)/t10-/m1/s1. The molecule has 1 amide bonds. The summed E-state index contributed by atoms with van der Waals surface area (Å²) in [4.78, 5) is 23.9. The van der Waals surface area contributed by atoms with Crippen LogP contribution in [-0.4, -0.2) is 28.2 Å². The maximum Gasteiger partial charge on any atom is 0.337 e. The summed E-state index contributed by atoms with van der Waals surface area (Å²) in [6.07, 6.45) is 0.981. The van der Waals surface area contributed by atoms with Crippen molar-refractivity contribution in [3.05, 3.63) is 54.7 Å². The van der Waals surface area contributed by atoms with E-state index in [1.165, 1.54) is 6.07 Å². The van der Waals surface area contributed by atoms with Crippen LogP contribution in [0.5, 0.6) is 5.75 Å². The van der Waals surface area contributed by atoms with Gasteiger partial charge in [-0.3, -0.25) is 10.1 Å². The molecule has 0 heterocycles. The Labute approximate surface area is 195 Å². The SMILES string of the molecule is CC[C@@H](C)Oc1ccc(C(=O)NC(=S)Nc2c(I)cc(I)cc2C(=O)O)cc1. The third-order valence-electron chi connectivity index (χ3n) is 3.78. The molecule has 28 heavy (non-hydrogen) atoms. The number of hydrogen-bond acceptors (Lipinski definition) is 4. The van der Waals surface area contributed by atoms with Crippen LogP contribution in [0.2, 0.25) is 0 Å². The van der Waals surface area contributed by atoms with Crippen molar-refractivity contribution in [1.82, 2.24) is 5.32 Å². The summed E-state index contributed by atoms with van der Waals surface area (Å²) in [5, 5.41) is 14.8. The van der Waals surface area contributed by atoms with Crippen LogP contribution in [0.1, 0.15) is 41.0 Å². The van der Waals surface area contributed by atoms with Crippen LogP contribution in [0.4, 0.5) is 5.69 Å². The predicted molar refractivity (Wildman–Crippen MR) is 129 cm³/mol. The van der Waals surface area contributed by atoms with Gasteiger partial charge in [0.2, 0.25) is 0 Å². The van der Waals surface area contributed by atoms with Crippen LogP contribution in [0.25, 0.3) is 0 Å². The number of carboxylic acids is 1. The molecule has 0 saturated carbocycles. The van der Waals surface area contributed by atoms with Gasteiger partial charge in [0.1, 0.15) is 5.75 Å². The molecule has 0 aliphatic carbocycles. The number of benzene rings is 2. The molecule has 1 atom stereocenters. The topological polar surface area (TPSA) is 87.7 Å². The fourth-order valence-electron chi connectivity index (χ4n) is 2.19. The van der Waals surface area contributed by atoms with Crippen molar-refractivity contribution in [1.29, 1.82) is 0 Å². The minimum Gasteiger partial charge on any atom is -0.491 e. The average Bonchev–Trinajstić information content (AvgIpc) is 2.63. The third-order valence-corrected chi connectivity index (χ3v) is 5.46. The van der Waals surface area contributed by atoms with Gasteiger partial charge >= 0.3 is 5.97 Å². The van der Waals surface area contributed by atoms with Crippen molar-refractivity contribution < 1.29 is 19.4 Å². The Balaban J connectivity index is 2.07. The van der Waals surface area contributed by atoms with Gasteiger partial charge in [-0.25, -0.2) is 4.79 Å². The quantitative estimate of drug-likeness (QED) is 0.314. The van der Waals surface area contributed by atoms with Gasteiger partial charge in [-0.05, 0) is 107 Å². The summed E-state index contributed by atoms with van der Waals surface area (Å²) >= 11 is 9.25. The van der Waals surface area contributed by atoms with E-state index >= 15 is 0 Å². The Morgan fingerprint density at radius 3 is 2.43 bits per heavy atom. The molecule has 3 N–H and O–H groups in total. The van der Waals surface area contributed by atoms with E-state index in [-0.39, 0.29) is 16.8 Å². The first-order valence-corrected chi connectivity index (χ1v) is 10.9. The Kier molecular flexibility index (Phi) is 8.43. The van der Waals surface area contributed by atoms with Crippen molar-refractivity contribution in [3.8, 4) is 5.75 Å². The Hall–Kier alpha value is -1.47. The zero-order chi connectivity index (χ0) is 20.8. The van der Waals surface area contributed by atoms with Gasteiger partial charge < -0.3 is 15.2 Å². The van der Waals surface area contributed by atoms with Gasteiger partial charge in [0, 0.05) is 12.7 Å². The summed E-state index contributed by atoms with van der Waals surface area (Å²) in [6, 6.07) is 10.1. The van der Waals surface area contributed by atoms with E-state index in [2.05, 4.69) is 10.6 Å². The highest BCUT2D eigenvalue weighted by atomic mass is 127. The second-order valence-corrected chi connectivity index (χ2v) is 8.70. The minimum absolute atomic E-state index is 0.0200. The smallest absolute Gasteiger partial charge is 0.337 e. The summed E-state index contributed by atoms with van der Waals surface area (Å²) in [5.74, 6) is -0.791. The van der Waals surface area contributed by atoms with Crippen molar-refractivity contribution >= 4 is 80.1 Å². The monoisotopic (exact) mass is 624 g/mol. The van der Waals surface area contributed by atoms with Crippen molar-refractivity contribution in [3.63, 3.8) is 0 Å². The van der Waals surface area contributed by atoms with Crippen molar-refractivity contribution in [2.45, 2.75) is 26.4 Å². The molecule has 6 nitrogen and oxygen atoms in total. The number of carbonyl (C=O) groups excluding carboxylic acids is 1. The molecule has 148 valence electrons. The van der Waals surface area contributed by atoms with Crippen molar-refractivity contribution in [2.75, 3.05) is 5.32 Å². The lowest BCUT2D eigenvalue weighted by molar-refractivity contribution is 0.0697. The zero-order valence-corrected chi connectivity index (χ0v) is 20.2. The molecule has 0 fully saturated rings. The molecule has 0 bridgehead atoms. The number of anilines is 1. The summed E-state index contributed by atoms with van der Waals surface area (Å²) in [6.45, 7) is 4.01. The van der Waals surface area contributed by atoms with Gasteiger partial charge in [0.25, 0.3) is 5.91 Å². The number of amides is 1. The highest BCUT2D eigenvalue weighted by Gasteiger charge is 2.17. The van der Waals surface area contributed by atoms with E-state index in [0.29, 0.717) is 20.6 Å². The fraction of sp³-hybridized carbons (Fsp3) is 0.211. The molecular formula is C19H18I2N2O4S. The molecule has 0 aliphatic heterocycles. The first-order valence-electron chi connectivity index (χ1n) is 8.32. The van der Waals surface area contributed by atoms with Crippen LogP contribution in [-0.2, 0) is 0 Å². The molecule has 0 radical (unpaired) electrons. The number of halogens is 2. The van der Waals surface area contributed by atoms with Gasteiger partial charge in [0.05, 0.1) is 17.4 Å². The third kappa shape index (κ3) is 6.27. The van der Waals surface area contributed by atoms with Crippen LogP contribution >= 0.6 is 57.4 Å². The Bertz CT molecular complexity index is 904. The lowest BCUT2D eigenvalue weighted by atomic mass is 10.2. The molecule has 0 unspecified atom stereocenters.